The second-order valence-corrected chi connectivity index (χ2v) is 8.87. The molecule has 6 saturated carbocycles. The average molecular weight is 323 g/mol. The normalized spacial score (nSPS) is 43.6. The van der Waals surface area contributed by atoms with Crippen molar-refractivity contribution in [2.24, 2.45) is 23.7 Å². The van der Waals surface area contributed by atoms with Gasteiger partial charge >= 0.3 is 0 Å². The fourth-order valence-electron chi connectivity index (χ4n) is 5.61. The van der Waals surface area contributed by atoms with E-state index in [0.29, 0.717) is 0 Å². The molecule has 6 aliphatic carbocycles. The molecule has 0 radical (unpaired) electrons. The number of hydrogen-bond donors (Lipinski definition) is 1. The van der Waals surface area contributed by atoms with E-state index in [2.05, 4.69) is 0 Å². The molecule has 0 amide bonds. The summed E-state index contributed by atoms with van der Waals surface area (Å²) in [5.41, 5.74) is 0. The van der Waals surface area contributed by atoms with Crippen molar-refractivity contribution in [3.63, 3.8) is 0 Å². The van der Waals surface area contributed by atoms with E-state index in [1.807, 2.05) is 0 Å². The summed E-state index contributed by atoms with van der Waals surface area (Å²) in [6, 6.07) is 0. The quantitative estimate of drug-likeness (QED) is 0.707. The molecule has 0 aromatic rings. The Morgan fingerprint density at radius 2 is 1.04 bits per heavy atom. The molecular formula is C21H38O2. The lowest BCUT2D eigenvalue weighted by Crippen LogP contribution is -2.34. The average Bonchev–Trinajstić information content (AvgIpc) is 2.58. The van der Waals surface area contributed by atoms with Crippen LogP contribution in [-0.2, 0) is 4.74 Å². The summed E-state index contributed by atoms with van der Waals surface area (Å²) >= 11 is 0. The van der Waals surface area contributed by atoms with Gasteiger partial charge in [0.05, 0.1) is 12.2 Å². The molecule has 23 heavy (non-hydrogen) atoms. The molecule has 6 aliphatic rings. The van der Waals surface area contributed by atoms with E-state index in [4.69, 9.17) is 4.74 Å². The van der Waals surface area contributed by atoms with Gasteiger partial charge in [-0.2, -0.15) is 0 Å². The summed E-state index contributed by atoms with van der Waals surface area (Å²) in [4.78, 5) is 0. The van der Waals surface area contributed by atoms with E-state index < -0.39 is 0 Å². The molecule has 0 heterocycles. The highest BCUT2D eigenvalue weighted by Crippen LogP contribution is 2.38. The number of hydrogen-bond acceptors (Lipinski definition) is 2. The molecule has 2 atom stereocenters. The van der Waals surface area contributed by atoms with Crippen LogP contribution in [0.3, 0.4) is 0 Å². The third-order valence-electron chi connectivity index (χ3n) is 7.28. The van der Waals surface area contributed by atoms with Crippen LogP contribution in [0.25, 0.3) is 0 Å². The summed E-state index contributed by atoms with van der Waals surface area (Å²) in [6.07, 6.45) is 18.8. The maximum absolute atomic E-state index is 10.7. The van der Waals surface area contributed by atoms with Crippen LogP contribution in [0.1, 0.15) is 89.9 Å². The van der Waals surface area contributed by atoms with Gasteiger partial charge in [0.1, 0.15) is 0 Å². The van der Waals surface area contributed by atoms with Gasteiger partial charge in [0.2, 0.25) is 0 Å². The van der Waals surface area contributed by atoms with Crippen LogP contribution in [0.5, 0.6) is 0 Å². The van der Waals surface area contributed by atoms with Crippen LogP contribution in [0, 0.1) is 23.7 Å². The van der Waals surface area contributed by atoms with Crippen LogP contribution in [0.2, 0.25) is 0 Å². The van der Waals surface area contributed by atoms with E-state index in [9.17, 15) is 5.11 Å². The van der Waals surface area contributed by atoms with E-state index in [1.165, 1.54) is 77.0 Å². The minimum absolute atomic E-state index is 0.0715. The highest BCUT2D eigenvalue weighted by molar-refractivity contribution is 4.82. The van der Waals surface area contributed by atoms with Gasteiger partial charge < -0.3 is 9.84 Å². The minimum Gasteiger partial charge on any atom is -0.390 e. The van der Waals surface area contributed by atoms with Crippen molar-refractivity contribution in [1.29, 1.82) is 0 Å². The molecule has 0 saturated heterocycles. The van der Waals surface area contributed by atoms with Crippen molar-refractivity contribution >= 4 is 0 Å². The molecule has 6 fully saturated rings. The zero-order chi connectivity index (χ0) is 16.1. The zero-order valence-electron chi connectivity index (χ0n) is 15.2. The number of rotatable bonds is 1. The molecule has 134 valence electrons. The monoisotopic (exact) mass is 322 g/mol. The molecule has 2 heteroatoms. The zero-order valence-corrected chi connectivity index (χ0v) is 15.2. The lowest BCUT2D eigenvalue weighted by atomic mass is 9.74. The topological polar surface area (TPSA) is 29.5 Å². The Bertz CT molecular complexity index is 327. The van der Waals surface area contributed by atoms with Gasteiger partial charge in [-0.25, -0.2) is 0 Å². The number of aliphatic hydroxyl groups excluding tert-OH is 1. The van der Waals surface area contributed by atoms with E-state index >= 15 is 0 Å². The molecule has 4 bridgehead atoms. The molecule has 0 aromatic heterocycles. The van der Waals surface area contributed by atoms with Gasteiger partial charge in [-0.15, -0.1) is 0 Å². The number of ether oxygens (including phenoxy) is 1. The van der Waals surface area contributed by atoms with Gasteiger partial charge in [-0.1, -0.05) is 77.0 Å². The minimum atomic E-state index is -0.243. The van der Waals surface area contributed by atoms with Crippen molar-refractivity contribution in [3.05, 3.63) is 0 Å². The highest BCUT2D eigenvalue weighted by atomic mass is 16.5. The van der Waals surface area contributed by atoms with Crippen molar-refractivity contribution in [3.8, 4) is 0 Å². The smallest absolute Gasteiger partial charge is 0.0832 e. The van der Waals surface area contributed by atoms with Gasteiger partial charge in [-0.3, -0.25) is 0 Å². The lowest BCUT2D eigenvalue weighted by Gasteiger charge is -2.35. The molecule has 6 rings (SSSR count). The summed E-state index contributed by atoms with van der Waals surface area (Å²) in [5, 5.41) is 10.7. The van der Waals surface area contributed by atoms with Gasteiger partial charge in [0.15, 0.2) is 0 Å². The Kier molecular flexibility index (Phi) is 6.83. The first-order chi connectivity index (χ1) is 11.2. The molecule has 0 unspecified atom stereocenters. The largest absolute Gasteiger partial charge is 0.390 e. The maximum Gasteiger partial charge on any atom is 0.0832 e. The fraction of sp³-hybridized carbons (Fsp3) is 1.00. The Morgan fingerprint density at radius 3 is 1.52 bits per heavy atom. The SMILES string of the molecule is CO[C@H]1CC2CCC(CCCCC3CCC(CC3)C[C@@H]1O)CC2. The second kappa shape index (κ2) is 8.85. The van der Waals surface area contributed by atoms with Gasteiger partial charge in [0, 0.05) is 7.11 Å². The summed E-state index contributed by atoms with van der Waals surface area (Å²) in [6.45, 7) is 0. The van der Waals surface area contributed by atoms with Crippen LogP contribution < -0.4 is 0 Å². The molecule has 0 aliphatic heterocycles. The van der Waals surface area contributed by atoms with Crippen molar-refractivity contribution < 1.29 is 9.84 Å². The summed E-state index contributed by atoms with van der Waals surface area (Å²) in [7, 11) is 1.80. The van der Waals surface area contributed by atoms with Crippen LogP contribution in [0.15, 0.2) is 0 Å². The van der Waals surface area contributed by atoms with Crippen molar-refractivity contribution in [2.75, 3.05) is 7.11 Å². The Hall–Kier alpha value is -0.0800. The number of methoxy groups -OCH3 is 1. The fourth-order valence-corrected chi connectivity index (χ4v) is 5.61. The van der Waals surface area contributed by atoms with Crippen molar-refractivity contribution in [2.45, 2.75) is 102 Å². The van der Waals surface area contributed by atoms with E-state index in [-0.39, 0.29) is 12.2 Å². The Labute approximate surface area is 143 Å². The van der Waals surface area contributed by atoms with Gasteiger partial charge in [-0.05, 0) is 36.5 Å². The van der Waals surface area contributed by atoms with E-state index in [1.54, 1.807) is 7.11 Å². The van der Waals surface area contributed by atoms with Crippen LogP contribution in [-0.4, -0.2) is 24.4 Å². The Balaban J connectivity index is 1.60. The van der Waals surface area contributed by atoms with Crippen molar-refractivity contribution in [1.82, 2.24) is 0 Å². The predicted molar refractivity (Wildman–Crippen MR) is 95.4 cm³/mol. The second-order valence-electron chi connectivity index (χ2n) is 8.87. The molecular weight excluding hydrogens is 284 g/mol. The third kappa shape index (κ3) is 5.19. The molecule has 2 nitrogen and oxygen atoms in total. The first kappa shape index (κ1) is 17.7. The third-order valence-corrected chi connectivity index (χ3v) is 7.28. The van der Waals surface area contributed by atoms with Gasteiger partial charge in [0.25, 0.3) is 0 Å². The maximum atomic E-state index is 10.7. The Morgan fingerprint density at radius 1 is 0.609 bits per heavy atom. The van der Waals surface area contributed by atoms with Crippen LogP contribution in [0.4, 0.5) is 0 Å². The highest BCUT2D eigenvalue weighted by Gasteiger charge is 2.30. The summed E-state index contributed by atoms with van der Waals surface area (Å²) in [5.74, 6) is 3.49. The first-order valence-electron chi connectivity index (χ1n) is 10.5. The molecule has 0 aromatic carbocycles. The number of aliphatic hydroxyl groups is 1. The first-order valence-corrected chi connectivity index (χ1v) is 10.5. The molecule has 1 N–H and O–H groups in total. The van der Waals surface area contributed by atoms with E-state index in [0.717, 1.165) is 36.5 Å². The van der Waals surface area contributed by atoms with Crippen LogP contribution >= 0.6 is 0 Å². The lowest BCUT2D eigenvalue weighted by molar-refractivity contribution is -0.0414. The standard InChI is InChI=1S/C21H38O2/c1-23-21-15-19-12-8-17(9-13-19)5-3-2-4-16-6-10-18(11-7-16)14-20(21)22/h16-22H,2-15H2,1H3/t16?,17?,18?,19?,20-,21-/m0/s1. The summed E-state index contributed by atoms with van der Waals surface area (Å²) < 4.78 is 5.71. The molecule has 0 spiro atoms. The predicted octanol–water partition coefficient (Wildman–Crippen LogP) is 5.33.